The molecule has 1 aliphatic rings. The topological polar surface area (TPSA) is 37.3 Å². The molecular formula is C8H16O2P+. The van der Waals surface area contributed by atoms with Crippen LogP contribution >= 0.6 is 8.03 Å². The van der Waals surface area contributed by atoms with Crippen LogP contribution in [0.25, 0.3) is 0 Å². The molecule has 1 N–H and O–H groups in total. The molecule has 0 bridgehead atoms. The lowest BCUT2D eigenvalue weighted by molar-refractivity contribution is 0.342. The molecule has 0 aromatic rings. The van der Waals surface area contributed by atoms with Crippen molar-refractivity contribution in [2.24, 2.45) is 0 Å². The van der Waals surface area contributed by atoms with Crippen LogP contribution in [0, 0.1) is 0 Å². The van der Waals surface area contributed by atoms with Crippen molar-refractivity contribution in [1.82, 2.24) is 0 Å². The second-order valence-corrected chi connectivity index (χ2v) is 4.91. The van der Waals surface area contributed by atoms with Crippen LogP contribution in [-0.4, -0.2) is 10.0 Å². The van der Waals surface area contributed by atoms with Gasteiger partial charge in [-0.1, -0.05) is 13.3 Å². The Bertz CT molecular complexity index is 150. The second kappa shape index (κ2) is 3.64. The summed E-state index contributed by atoms with van der Waals surface area (Å²) in [6.45, 7) is 2.02. The third-order valence-corrected chi connectivity index (χ3v) is 4.42. The number of hydrogen-bond donors (Lipinski definition) is 1. The average Bonchev–Trinajstić information content (AvgIpc) is 2.05. The molecule has 1 rings (SSSR count). The molecule has 0 heterocycles. The van der Waals surface area contributed by atoms with Crippen molar-refractivity contribution in [3.63, 3.8) is 0 Å². The monoisotopic (exact) mass is 175 g/mol. The Kier molecular flexibility index (Phi) is 3.03. The lowest BCUT2D eigenvalue weighted by Crippen LogP contribution is -2.26. The highest BCUT2D eigenvalue weighted by atomic mass is 31.1. The van der Waals surface area contributed by atoms with Crippen molar-refractivity contribution in [2.75, 3.05) is 0 Å². The van der Waals surface area contributed by atoms with E-state index in [0.29, 0.717) is 0 Å². The first-order valence-corrected chi connectivity index (χ1v) is 5.59. The van der Waals surface area contributed by atoms with Crippen LogP contribution in [-0.2, 0) is 4.57 Å². The third-order valence-electron chi connectivity index (χ3n) is 2.85. The standard InChI is InChI=1S/C8H15O2P/c1-2-8(11(9)10)6-4-3-5-7-8/h2-7H2,1H3/p+1. The van der Waals surface area contributed by atoms with Gasteiger partial charge in [-0.3, -0.25) is 0 Å². The Morgan fingerprint density at radius 2 is 1.91 bits per heavy atom. The Balaban J connectivity index is 2.64. The van der Waals surface area contributed by atoms with Gasteiger partial charge < -0.3 is 0 Å². The van der Waals surface area contributed by atoms with Gasteiger partial charge in [0.1, 0.15) is 0 Å². The minimum Gasteiger partial charge on any atom is -0.160 e. The van der Waals surface area contributed by atoms with Crippen LogP contribution in [0.15, 0.2) is 0 Å². The highest BCUT2D eigenvalue weighted by Gasteiger charge is 2.47. The van der Waals surface area contributed by atoms with E-state index in [1.807, 2.05) is 6.92 Å². The van der Waals surface area contributed by atoms with E-state index in [1.165, 1.54) is 6.42 Å². The average molecular weight is 175 g/mol. The zero-order valence-corrected chi connectivity index (χ0v) is 7.94. The quantitative estimate of drug-likeness (QED) is 0.655. The summed E-state index contributed by atoms with van der Waals surface area (Å²) in [5.41, 5.74) is 0. The van der Waals surface area contributed by atoms with Crippen molar-refractivity contribution in [3.05, 3.63) is 0 Å². The van der Waals surface area contributed by atoms with Crippen LogP contribution in [0.4, 0.5) is 0 Å². The van der Waals surface area contributed by atoms with E-state index in [0.717, 1.165) is 32.1 Å². The molecule has 1 atom stereocenters. The highest BCUT2D eigenvalue weighted by Crippen LogP contribution is 2.48. The molecule has 0 amide bonds. The molecule has 64 valence electrons. The molecule has 0 aromatic heterocycles. The Hall–Kier alpha value is 0.0600. The molecule has 0 saturated heterocycles. The summed E-state index contributed by atoms with van der Waals surface area (Å²) >= 11 is 0. The molecule has 0 spiro atoms. The van der Waals surface area contributed by atoms with Crippen LogP contribution < -0.4 is 0 Å². The first kappa shape index (κ1) is 9.15. The zero-order valence-electron chi connectivity index (χ0n) is 7.05. The van der Waals surface area contributed by atoms with Gasteiger partial charge in [-0.15, -0.1) is 0 Å². The van der Waals surface area contributed by atoms with Crippen molar-refractivity contribution in [1.29, 1.82) is 0 Å². The predicted molar refractivity (Wildman–Crippen MR) is 45.9 cm³/mol. The molecule has 0 aromatic carbocycles. The van der Waals surface area contributed by atoms with Gasteiger partial charge >= 0.3 is 8.03 Å². The van der Waals surface area contributed by atoms with E-state index in [4.69, 9.17) is 4.89 Å². The molecular weight excluding hydrogens is 159 g/mol. The smallest absolute Gasteiger partial charge is 0.160 e. The van der Waals surface area contributed by atoms with Gasteiger partial charge in [0, 0.05) is 0 Å². The van der Waals surface area contributed by atoms with E-state index < -0.39 is 8.03 Å². The fourth-order valence-corrected chi connectivity index (χ4v) is 2.86. The molecule has 2 nitrogen and oxygen atoms in total. The van der Waals surface area contributed by atoms with E-state index in [1.54, 1.807) is 0 Å². The minimum atomic E-state index is -1.95. The Labute approximate surface area is 68.9 Å². The summed E-state index contributed by atoms with van der Waals surface area (Å²) in [5.74, 6) is 0. The fraction of sp³-hybridized carbons (Fsp3) is 1.00. The second-order valence-electron chi connectivity index (χ2n) is 3.41. The summed E-state index contributed by atoms with van der Waals surface area (Å²) in [5, 5.41) is -0.215. The lowest BCUT2D eigenvalue weighted by atomic mass is 9.86. The first-order chi connectivity index (χ1) is 5.21. The van der Waals surface area contributed by atoms with Gasteiger partial charge in [-0.25, -0.2) is 0 Å². The molecule has 0 aliphatic heterocycles. The summed E-state index contributed by atoms with van der Waals surface area (Å²) in [7, 11) is -1.95. The van der Waals surface area contributed by atoms with Gasteiger partial charge in [0.2, 0.25) is 0 Å². The van der Waals surface area contributed by atoms with Crippen LogP contribution in [0.1, 0.15) is 45.4 Å². The maximum Gasteiger partial charge on any atom is 0.511 e. The molecule has 1 unspecified atom stereocenters. The SMILES string of the molecule is CCC1([P+](=O)O)CCCCC1. The maximum absolute atomic E-state index is 11.1. The number of hydrogen-bond acceptors (Lipinski definition) is 1. The molecule has 3 heteroatoms. The Morgan fingerprint density at radius 1 is 1.36 bits per heavy atom. The molecule has 1 aliphatic carbocycles. The normalized spacial score (nSPS) is 24.7. The Morgan fingerprint density at radius 3 is 2.18 bits per heavy atom. The lowest BCUT2D eigenvalue weighted by Gasteiger charge is -2.24. The summed E-state index contributed by atoms with van der Waals surface area (Å²) in [6, 6.07) is 0. The van der Waals surface area contributed by atoms with Crippen molar-refractivity contribution in [3.8, 4) is 0 Å². The van der Waals surface area contributed by atoms with Crippen molar-refractivity contribution in [2.45, 2.75) is 50.6 Å². The molecule has 1 saturated carbocycles. The number of rotatable bonds is 2. The van der Waals surface area contributed by atoms with Gasteiger partial charge in [0.25, 0.3) is 0 Å². The van der Waals surface area contributed by atoms with Crippen molar-refractivity contribution < 1.29 is 9.46 Å². The summed E-state index contributed by atoms with van der Waals surface area (Å²) in [6.07, 6.45) is 6.28. The largest absolute Gasteiger partial charge is 0.511 e. The van der Waals surface area contributed by atoms with Crippen LogP contribution in [0.2, 0.25) is 0 Å². The summed E-state index contributed by atoms with van der Waals surface area (Å²) < 4.78 is 11.1. The van der Waals surface area contributed by atoms with E-state index in [-0.39, 0.29) is 5.16 Å². The third kappa shape index (κ3) is 1.80. The minimum absolute atomic E-state index is 0.215. The van der Waals surface area contributed by atoms with E-state index >= 15 is 0 Å². The fourth-order valence-electron chi connectivity index (χ4n) is 1.89. The van der Waals surface area contributed by atoms with Crippen LogP contribution in [0.3, 0.4) is 0 Å². The predicted octanol–water partition coefficient (Wildman–Crippen LogP) is 2.83. The maximum atomic E-state index is 11.1. The highest BCUT2D eigenvalue weighted by molar-refractivity contribution is 7.40. The molecule has 0 radical (unpaired) electrons. The molecule has 11 heavy (non-hydrogen) atoms. The van der Waals surface area contributed by atoms with Gasteiger partial charge in [0.05, 0.1) is 0 Å². The van der Waals surface area contributed by atoms with Gasteiger partial charge in [-0.05, 0) is 36.7 Å². The van der Waals surface area contributed by atoms with E-state index in [9.17, 15) is 4.57 Å². The van der Waals surface area contributed by atoms with Gasteiger partial charge in [0.15, 0.2) is 5.16 Å². The van der Waals surface area contributed by atoms with Crippen molar-refractivity contribution >= 4 is 8.03 Å². The summed E-state index contributed by atoms with van der Waals surface area (Å²) in [4.78, 5) is 9.14. The van der Waals surface area contributed by atoms with Gasteiger partial charge in [-0.2, -0.15) is 4.89 Å². The van der Waals surface area contributed by atoms with E-state index in [2.05, 4.69) is 0 Å². The van der Waals surface area contributed by atoms with Crippen LogP contribution in [0.5, 0.6) is 0 Å². The zero-order chi connectivity index (χ0) is 8.32. The molecule has 1 fully saturated rings. The first-order valence-electron chi connectivity index (χ1n) is 4.37.